The van der Waals surface area contributed by atoms with Crippen LogP contribution in [0.3, 0.4) is 0 Å². The lowest BCUT2D eigenvalue weighted by Crippen LogP contribution is -2.45. The Balaban J connectivity index is 1.53. The highest BCUT2D eigenvalue weighted by Crippen LogP contribution is 2.38. The highest BCUT2D eigenvalue weighted by atomic mass is 35.5. The first-order valence-corrected chi connectivity index (χ1v) is 12.1. The summed E-state index contributed by atoms with van der Waals surface area (Å²) in [6.07, 6.45) is 2.11. The van der Waals surface area contributed by atoms with Gasteiger partial charge in [0.05, 0.1) is 22.7 Å². The highest BCUT2D eigenvalue weighted by Gasteiger charge is 2.30. The minimum Gasteiger partial charge on any atom is -0.486 e. The molecule has 2 heterocycles. The number of fused-ring (bicyclic) bond motifs is 1. The summed E-state index contributed by atoms with van der Waals surface area (Å²) in [7, 11) is 0. The lowest BCUT2D eigenvalue weighted by molar-refractivity contribution is -0.148. The summed E-state index contributed by atoms with van der Waals surface area (Å²) < 4.78 is 25.2. The number of carbonyl (C=O) groups excluding carboxylic acids is 1. The van der Waals surface area contributed by atoms with Crippen LogP contribution in [0.15, 0.2) is 54.7 Å². The van der Waals surface area contributed by atoms with Crippen molar-refractivity contribution in [1.29, 1.82) is 0 Å². The van der Waals surface area contributed by atoms with Crippen LogP contribution in [-0.2, 0) is 4.79 Å². The average Bonchev–Trinajstić information content (AvgIpc) is 2.88. The highest BCUT2D eigenvalue weighted by molar-refractivity contribution is 6.31. The maximum atomic E-state index is 13.5. The third-order valence-electron chi connectivity index (χ3n) is 6.03. The number of carboxylic acid groups (broad SMARTS) is 1. The van der Waals surface area contributed by atoms with Gasteiger partial charge in [-0.1, -0.05) is 24.6 Å². The SMILES string of the molecule is CCC1CN(C(=O)Nc2ccc(F)c(Cl)c2)c2ccc(-c3ccc(OCC(C)(C)C(=O)O)nc3)cc2O1. The predicted octanol–water partition coefficient (Wildman–Crippen LogP) is 6.24. The van der Waals surface area contributed by atoms with Crippen molar-refractivity contribution in [2.24, 2.45) is 5.41 Å². The number of amides is 2. The quantitative estimate of drug-likeness (QED) is 0.377. The number of carbonyl (C=O) groups is 2. The first-order chi connectivity index (χ1) is 17.6. The van der Waals surface area contributed by atoms with E-state index in [4.69, 9.17) is 21.1 Å². The van der Waals surface area contributed by atoms with Gasteiger partial charge in [0.2, 0.25) is 5.88 Å². The van der Waals surface area contributed by atoms with Gasteiger partial charge in [-0.05, 0) is 62.2 Å². The van der Waals surface area contributed by atoms with Crippen molar-refractivity contribution >= 4 is 35.0 Å². The number of nitrogens with one attached hydrogen (secondary N) is 1. The molecular weight excluding hydrogens is 501 g/mol. The molecule has 0 bridgehead atoms. The van der Waals surface area contributed by atoms with E-state index in [1.54, 1.807) is 37.1 Å². The summed E-state index contributed by atoms with van der Waals surface area (Å²) >= 11 is 5.85. The zero-order chi connectivity index (χ0) is 26.7. The van der Waals surface area contributed by atoms with E-state index < -0.39 is 17.2 Å². The van der Waals surface area contributed by atoms with Crippen molar-refractivity contribution in [2.75, 3.05) is 23.4 Å². The molecule has 0 spiro atoms. The smallest absolute Gasteiger partial charge is 0.326 e. The Morgan fingerprint density at radius 2 is 1.97 bits per heavy atom. The molecule has 8 nitrogen and oxygen atoms in total. The molecule has 0 aliphatic carbocycles. The number of carboxylic acids is 1. The Bertz CT molecular complexity index is 1320. The topological polar surface area (TPSA) is 101 Å². The Labute approximate surface area is 219 Å². The molecule has 1 aliphatic rings. The van der Waals surface area contributed by atoms with E-state index in [0.29, 0.717) is 36.0 Å². The molecule has 0 fully saturated rings. The van der Waals surface area contributed by atoms with E-state index in [9.17, 15) is 19.1 Å². The summed E-state index contributed by atoms with van der Waals surface area (Å²) in [5, 5.41) is 11.9. The van der Waals surface area contributed by atoms with E-state index in [1.165, 1.54) is 18.2 Å². The molecule has 194 valence electrons. The van der Waals surface area contributed by atoms with Crippen molar-refractivity contribution in [3.05, 3.63) is 65.6 Å². The molecule has 3 aromatic rings. The maximum Gasteiger partial charge on any atom is 0.326 e. The maximum absolute atomic E-state index is 13.5. The number of urea groups is 1. The first-order valence-electron chi connectivity index (χ1n) is 11.7. The van der Waals surface area contributed by atoms with E-state index >= 15 is 0 Å². The molecular formula is C27H27ClFN3O5. The molecule has 10 heteroatoms. The fraction of sp³-hybridized carbons (Fsp3) is 0.296. The van der Waals surface area contributed by atoms with E-state index in [0.717, 1.165) is 11.1 Å². The second kappa shape index (κ2) is 10.6. The van der Waals surface area contributed by atoms with Gasteiger partial charge in [-0.25, -0.2) is 14.2 Å². The molecule has 2 aromatic carbocycles. The number of benzene rings is 2. The minimum absolute atomic E-state index is 0.0121. The van der Waals surface area contributed by atoms with Crippen molar-refractivity contribution in [3.63, 3.8) is 0 Å². The molecule has 1 aromatic heterocycles. The number of hydrogen-bond acceptors (Lipinski definition) is 5. The second-order valence-corrected chi connectivity index (χ2v) is 9.77. The Hall–Kier alpha value is -3.85. The molecule has 0 saturated carbocycles. The molecule has 1 unspecified atom stereocenters. The second-order valence-electron chi connectivity index (χ2n) is 9.36. The molecule has 2 N–H and O–H groups in total. The predicted molar refractivity (Wildman–Crippen MR) is 139 cm³/mol. The van der Waals surface area contributed by atoms with Gasteiger partial charge in [0.25, 0.3) is 0 Å². The third kappa shape index (κ3) is 5.94. The molecule has 1 aliphatic heterocycles. The molecule has 1 atom stereocenters. The van der Waals surface area contributed by atoms with Gasteiger partial charge in [-0.3, -0.25) is 9.69 Å². The Morgan fingerprint density at radius 1 is 1.22 bits per heavy atom. The zero-order valence-electron chi connectivity index (χ0n) is 20.6. The van der Waals surface area contributed by atoms with Crippen molar-refractivity contribution in [1.82, 2.24) is 4.98 Å². The molecule has 0 radical (unpaired) electrons. The van der Waals surface area contributed by atoms with Crippen LogP contribution in [0.2, 0.25) is 5.02 Å². The van der Waals surface area contributed by atoms with Crippen LogP contribution in [0.5, 0.6) is 11.6 Å². The third-order valence-corrected chi connectivity index (χ3v) is 6.32. The Kier molecular flexibility index (Phi) is 7.54. The summed E-state index contributed by atoms with van der Waals surface area (Å²) in [5.74, 6) is -0.644. The fourth-order valence-electron chi connectivity index (χ4n) is 3.65. The summed E-state index contributed by atoms with van der Waals surface area (Å²) in [5.41, 5.74) is 1.57. The van der Waals surface area contributed by atoms with Gasteiger partial charge < -0.3 is 19.9 Å². The molecule has 37 heavy (non-hydrogen) atoms. The number of aliphatic carboxylic acids is 1. The van der Waals surface area contributed by atoms with Crippen LogP contribution >= 0.6 is 11.6 Å². The monoisotopic (exact) mass is 527 g/mol. The number of ether oxygens (including phenoxy) is 2. The summed E-state index contributed by atoms with van der Waals surface area (Å²) in [6, 6.07) is 12.6. The molecule has 4 rings (SSSR count). The number of nitrogens with zero attached hydrogens (tertiary/aromatic N) is 2. The van der Waals surface area contributed by atoms with Crippen LogP contribution in [0.25, 0.3) is 11.1 Å². The van der Waals surface area contributed by atoms with Crippen molar-refractivity contribution < 1.29 is 28.6 Å². The Morgan fingerprint density at radius 3 is 2.62 bits per heavy atom. The fourth-order valence-corrected chi connectivity index (χ4v) is 3.83. The number of pyridine rings is 1. The van der Waals surface area contributed by atoms with Gasteiger partial charge in [-0.15, -0.1) is 0 Å². The van der Waals surface area contributed by atoms with E-state index in [1.807, 2.05) is 25.1 Å². The molecule has 0 saturated heterocycles. The van der Waals surface area contributed by atoms with Gasteiger partial charge in [-0.2, -0.15) is 0 Å². The van der Waals surface area contributed by atoms with Gasteiger partial charge >= 0.3 is 12.0 Å². The lowest BCUT2D eigenvalue weighted by atomic mass is 9.95. The van der Waals surface area contributed by atoms with E-state index in [-0.39, 0.29) is 23.8 Å². The number of halogens is 2. The summed E-state index contributed by atoms with van der Waals surface area (Å²) in [4.78, 5) is 30.3. The van der Waals surface area contributed by atoms with E-state index in [2.05, 4.69) is 10.3 Å². The minimum atomic E-state index is -1.03. The van der Waals surface area contributed by atoms with Crippen LogP contribution in [0, 0.1) is 11.2 Å². The first kappa shape index (κ1) is 26.2. The number of rotatable bonds is 7. The zero-order valence-corrected chi connectivity index (χ0v) is 21.4. The largest absolute Gasteiger partial charge is 0.486 e. The van der Waals surface area contributed by atoms with Crippen LogP contribution < -0.4 is 19.7 Å². The normalized spacial score (nSPS) is 14.9. The van der Waals surface area contributed by atoms with Gasteiger partial charge in [0, 0.05) is 23.5 Å². The standard InChI is InChI=1S/C27H27ClFN3O5/c1-4-19-14-32(26(35)31-18-7-8-21(29)20(28)12-18)22-9-5-16(11-23(22)37-19)17-6-10-24(30-13-17)36-15-27(2,3)25(33)34/h5-13,19H,4,14-15H2,1-3H3,(H,31,35)(H,33,34). The molecule has 2 amide bonds. The van der Waals surface area contributed by atoms with Crippen molar-refractivity contribution in [2.45, 2.75) is 33.3 Å². The van der Waals surface area contributed by atoms with Gasteiger partial charge in [0.15, 0.2) is 0 Å². The van der Waals surface area contributed by atoms with Crippen LogP contribution in [-0.4, -0.2) is 41.3 Å². The van der Waals surface area contributed by atoms with Gasteiger partial charge in [0.1, 0.15) is 24.3 Å². The number of aromatic nitrogens is 1. The summed E-state index contributed by atoms with van der Waals surface area (Å²) in [6.45, 7) is 5.48. The van der Waals surface area contributed by atoms with Crippen molar-refractivity contribution in [3.8, 4) is 22.8 Å². The average molecular weight is 528 g/mol. The van der Waals surface area contributed by atoms with Crippen LogP contribution in [0.1, 0.15) is 27.2 Å². The number of hydrogen-bond donors (Lipinski definition) is 2. The number of anilines is 2. The lowest BCUT2D eigenvalue weighted by Gasteiger charge is -2.35. The van der Waals surface area contributed by atoms with Crippen LogP contribution in [0.4, 0.5) is 20.6 Å².